The molecule has 2 aliphatic heterocycles. The molecule has 7 heteroatoms. The van der Waals surface area contributed by atoms with Gasteiger partial charge in [-0.3, -0.25) is 9.69 Å². The molecule has 1 aromatic heterocycles. The lowest BCUT2D eigenvalue weighted by molar-refractivity contribution is 0.0447. The van der Waals surface area contributed by atoms with Crippen LogP contribution >= 0.6 is 11.5 Å². The number of rotatable bonds is 7. The van der Waals surface area contributed by atoms with Gasteiger partial charge in [0.25, 0.3) is 5.91 Å². The van der Waals surface area contributed by atoms with Crippen molar-refractivity contribution >= 4 is 17.4 Å². The zero-order valence-electron chi connectivity index (χ0n) is 18.0. The highest BCUT2D eigenvalue weighted by Crippen LogP contribution is 2.24. The Morgan fingerprint density at radius 2 is 2.00 bits per heavy atom. The number of ether oxygens (including phenoxy) is 1. The first-order valence-electron chi connectivity index (χ1n) is 11.1. The van der Waals surface area contributed by atoms with Crippen LogP contribution in [-0.2, 0) is 11.3 Å². The number of benzene rings is 1. The van der Waals surface area contributed by atoms with Crippen LogP contribution in [0.25, 0.3) is 0 Å². The SMILES string of the molecule is Cc1ccccc1CN1CCC(CN(CC2CCCO2)C(=O)c2snnc2C)CC1. The summed E-state index contributed by atoms with van der Waals surface area (Å²) >= 11 is 1.21. The van der Waals surface area contributed by atoms with Crippen molar-refractivity contribution in [1.29, 1.82) is 0 Å². The van der Waals surface area contributed by atoms with Crippen molar-refractivity contribution in [3.63, 3.8) is 0 Å². The summed E-state index contributed by atoms with van der Waals surface area (Å²) in [7, 11) is 0. The predicted octanol–water partition coefficient (Wildman–Crippen LogP) is 3.69. The predicted molar refractivity (Wildman–Crippen MR) is 119 cm³/mol. The van der Waals surface area contributed by atoms with E-state index in [2.05, 4.69) is 45.7 Å². The number of likely N-dealkylation sites (tertiary alicyclic amines) is 1. The molecule has 0 N–H and O–H groups in total. The maximum atomic E-state index is 13.2. The molecule has 2 saturated heterocycles. The molecule has 30 heavy (non-hydrogen) atoms. The molecule has 2 aromatic rings. The molecule has 1 amide bonds. The molecule has 2 fully saturated rings. The Bertz CT molecular complexity index is 841. The number of nitrogens with zero attached hydrogens (tertiary/aromatic N) is 4. The highest BCUT2D eigenvalue weighted by atomic mass is 32.1. The molecule has 1 atom stereocenters. The minimum absolute atomic E-state index is 0.0698. The molecule has 3 heterocycles. The summed E-state index contributed by atoms with van der Waals surface area (Å²) in [6.07, 6.45) is 4.54. The number of aromatic nitrogens is 2. The zero-order chi connectivity index (χ0) is 20.9. The highest BCUT2D eigenvalue weighted by Gasteiger charge is 2.29. The first-order valence-corrected chi connectivity index (χ1v) is 11.8. The van der Waals surface area contributed by atoms with E-state index in [1.54, 1.807) is 0 Å². The molecular weight excluding hydrogens is 396 g/mol. The van der Waals surface area contributed by atoms with Gasteiger partial charge in [0.1, 0.15) is 4.88 Å². The first-order chi connectivity index (χ1) is 14.6. The molecule has 2 aliphatic rings. The minimum Gasteiger partial charge on any atom is -0.376 e. The van der Waals surface area contributed by atoms with Crippen LogP contribution in [0, 0.1) is 19.8 Å². The standard InChI is InChI=1S/C23H32N4O2S/c1-17-6-3-4-7-20(17)15-26-11-9-19(10-12-26)14-27(16-21-8-5-13-29-21)23(28)22-18(2)24-25-30-22/h3-4,6-7,19,21H,5,8-16H2,1-2H3. The molecule has 1 aromatic carbocycles. The van der Waals surface area contributed by atoms with Crippen molar-refractivity contribution in [2.24, 2.45) is 5.92 Å². The average molecular weight is 429 g/mol. The topological polar surface area (TPSA) is 58.6 Å². The van der Waals surface area contributed by atoms with E-state index in [-0.39, 0.29) is 12.0 Å². The molecule has 0 aliphatic carbocycles. The van der Waals surface area contributed by atoms with Crippen LogP contribution in [0.4, 0.5) is 0 Å². The molecule has 0 saturated carbocycles. The van der Waals surface area contributed by atoms with Gasteiger partial charge in [0.15, 0.2) is 0 Å². The summed E-state index contributed by atoms with van der Waals surface area (Å²) in [4.78, 5) is 18.5. The summed E-state index contributed by atoms with van der Waals surface area (Å²) < 4.78 is 9.80. The fourth-order valence-electron chi connectivity index (χ4n) is 4.51. The average Bonchev–Trinajstić information content (AvgIpc) is 3.42. The Labute approximate surface area is 183 Å². The van der Waals surface area contributed by atoms with Gasteiger partial charge in [0.2, 0.25) is 0 Å². The Morgan fingerprint density at radius 3 is 2.67 bits per heavy atom. The van der Waals surface area contributed by atoms with E-state index in [9.17, 15) is 4.79 Å². The molecule has 4 rings (SSSR count). The monoisotopic (exact) mass is 428 g/mol. The second-order valence-corrected chi connectivity index (χ2v) is 9.43. The molecular formula is C23H32N4O2S. The van der Waals surface area contributed by atoms with Gasteiger partial charge in [0, 0.05) is 26.2 Å². The van der Waals surface area contributed by atoms with E-state index in [0.717, 1.165) is 64.2 Å². The lowest BCUT2D eigenvalue weighted by Crippen LogP contribution is -2.43. The van der Waals surface area contributed by atoms with Crippen molar-refractivity contribution in [3.05, 3.63) is 46.0 Å². The van der Waals surface area contributed by atoms with Crippen molar-refractivity contribution in [2.75, 3.05) is 32.8 Å². The second-order valence-electron chi connectivity index (χ2n) is 8.68. The number of carbonyl (C=O) groups is 1. The van der Waals surface area contributed by atoms with Crippen LogP contribution in [0.2, 0.25) is 0 Å². The van der Waals surface area contributed by atoms with E-state index in [0.29, 0.717) is 17.3 Å². The number of hydrogen-bond donors (Lipinski definition) is 0. The van der Waals surface area contributed by atoms with E-state index >= 15 is 0 Å². The van der Waals surface area contributed by atoms with E-state index in [4.69, 9.17) is 4.74 Å². The van der Waals surface area contributed by atoms with E-state index in [1.165, 1.54) is 22.7 Å². The van der Waals surface area contributed by atoms with Gasteiger partial charge in [0.05, 0.1) is 11.8 Å². The fraction of sp³-hybridized carbons (Fsp3) is 0.609. The van der Waals surface area contributed by atoms with Gasteiger partial charge >= 0.3 is 0 Å². The highest BCUT2D eigenvalue weighted by molar-refractivity contribution is 7.07. The molecule has 162 valence electrons. The van der Waals surface area contributed by atoms with E-state index < -0.39 is 0 Å². The number of hydrogen-bond acceptors (Lipinski definition) is 6. The summed E-state index contributed by atoms with van der Waals surface area (Å²) in [5.41, 5.74) is 3.51. The summed E-state index contributed by atoms with van der Waals surface area (Å²) in [6, 6.07) is 8.65. The Kier molecular flexibility index (Phi) is 7.12. The molecule has 0 radical (unpaired) electrons. The van der Waals surface area contributed by atoms with Gasteiger partial charge in [-0.05, 0) is 81.2 Å². The number of amides is 1. The third kappa shape index (κ3) is 5.25. The van der Waals surface area contributed by atoms with Gasteiger partial charge in [-0.25, -0.2) is 0 Å². The molecule has 0 bridgehead atoms. The third-order valence-electron chi connectivity index (χ3n) is 6.42. The Hall–Kier alpha value is -1.83. The third-order valence-corrected chi connectivity index (χ3v) is 7.24. The first kappa shape index (κ1) is 21.4. The largest absolute Gasteiger partial charge is 0.376 e. The lowest BCUT2D eigenvalue weighted by atomic mass is 9.95. The summed E-state index contributed by atoms with van der Waals surface area (Å²) in [6.45, 7) is 9.53. The number of piperidine rings is 1. The number of carbonyl (C=O) groups excluding carboxylic acids is 1. The number of aryl methyl sites for hydroxylation is 2. The quantitative estimate of drug-likeness (QED) is 0.673. The molecule has 0 spiro atoms. The fourth-order valence-corrected chi connectivity index (χ4v) is 5.14. The van der Waals surface area contributed by atoms with Crippen LogP contribution in [0.1, 0.15) is 52.2 Å². The lowest BCUT2D eigenvalue weighted by Gasteiger charge is -2.35. The van der Waals surface area contributed by atoms with Crippen molar-refractivity contribution in [1.82, 2.24) is 19.4 Å². The maximum Gasteiger partial charge on any atom is 0.267 e. The van der Waals surface area contributed by atoms with Crippen LogP contribution in [0.5, 0.6) is 0 Å². The van der Waals surface area contributed by atoms with Crippen LogP contribution < -0.4 is 0 Å². The van der Waals surface area contributed by atoms with Crippen molar-refractivity contribution in [2.45, 2.75) is 52.2 Å². The maximum absolute atomic E-state index is 13.2. The normalized spacial score (nSPS) is 20.5. The smallest absolute Gasteiger partial charge is 0.267 e. The van der Waals surface area contributed by atoms with Gasteiger partial charge in [-0.2, -0.15) is 0 Å². The Balaban J connectivity index is 1.35. The Morgan fingerprint density at radius 1 is 1.20 bits per heavy atom. The van der Waals surface area contributed by atoms with Crippen LogP contribution in [0.3, 0.4) is 0 Å². The van der Waals surface area contributed by atoms with Crippen molar-refractivity contribution in [3.8, 4) is 0 Å². The summed E-state index contributed by atoms with van der Waals surface area (Å²) in [5.74, 6) is 0.602. The summed E-state index contributed by atoms with van der Waals surface area (Å²) in [5, 5.41) is 4.04. The van der Waals surface area contributed by atoms with Crippen LogP contribution in [-0.4, -0.2) is 64.2 Å². The van der Waals surface area contributed by atoms with Crippen LogP contribution in [0.15, 0.2) is 24.3 Å². The van der Waals surface area contributed by atoms with Gasteiger partial charge in [-0.1, -0.05) is 28.8 Å². The van der Waals surface area contributed by atoms with Gasteiger partial charge in [-0.15, -0.1) is 5.10 Å². The van der Waals surface area contributed by atoms with E-state index in [1.807, 2.05) is 11.8 Å². The molecule has 1 unspecified atom stereocenters. The van der Waals surface area contributed by atoms with Gasteiger partial charge < -0.3 is 9.64 Å². The zero-order valence-corrected chi connectivity index (χ0v) is 18.9. The minimum atomic E-state index is 0.0698. The molecule has 6 nitrogen and oxygen atoms in total. The van der Waals surface area contributed by atoms with Crippen molar-refractivity contribution < 1.29 is 9.53 Å². The second kappa shape index (κ2) is 9.98.